The van der Waals surface area contributed by atoms with Gasteiger partial charge in [-0.25, -0.2) is 0 Å². The van der Waals surface area contributed by atoms with Crippen LogP contribution >= 0.6 is 12.4 Å². The van der Waals surface area contributed by atoms with Crippen LogP contribution < -0.4 is 16.0 Å². The van der Waals surface area contributed by atoms with Crippen LogP contribution in [-0.2, 0) is 11.0 Å². The van der Waals surface area contributed by atoms with Crippen molar-refractivity contribution in [3.05, 3.63) is 35.4 Å². The maximum atomic E-state index is 12.5. The van der Waals surface area contributed by atoms with E-state index >= 15 is 0 Å². The molecule has 25 heavy (non-hydrogen) atoms. The Morgan fingerprint density at radius 1 is 1.24 bits per heavy atom. The number of hydrogen-bond acceptors (Lipinski definition) is 3. The molecule has 1 aromatic carbocycles. The molecule has 1 aliphatic rings. The average molecular weight is 380 g/mol. The van der Waals surface area contributed by atoms with E-state index in [1.165, 1.54) is 0 Å². The van der Waals surface area contributed by atoms with Gasteiger partial charge in [0.15, 0.2) is 0 Å². The number of benzene rings is 1. The fourth-order valence-electron chi connectivity index (χ4n) is 2.61. The van der Waals surface area contributed by atoms with Crippen LogP contribution in [-0.4, -0.2) is 37.0 Å². The van der Waals surface area contributed by atoms with E-state index in [1.54, 1.807) is 0 Å². The molecule has 2 amide bonds. The van der Waals surface area contributed by atoms with Crippen molar-refractivity contribution in [3.63, 3.8) is 0 Å². The summed E-state index contributed by atoms with van der Waals surface area (Å²) in [6.45, 7) is 2.65. The molecular weight excluding hydrogens is 359 g/mol. The van der Waals surface area contributed by atoms with Gasteiger partial charge in [0.05, 0.1) is 12.1 Å². The molecular formula is C16H21ClF3N3O2. The highest BCUT2D eigenvalue weighted by molar-refractivity contribution is 5.96. The number of amides is 2. The molecule has 140 valence electrons. The Bertz CT molecular complexity index is 593. The van der Waals surface area contributed by atoms with Gasteiger partial charge >= 0.3 is 6.18 Å². The lowest BCUT2D eigenvalue weighted by Gasteiger charge is -2.28. The second-order valence-corrected chi connectivity index (χ2v) is 5.90. The van der Waals surface area contributed by atoms with Gasteiger partial charge in [0.1, 0.15) is 0 Å². The third kappa shape index (κ3) is 6.55. The number of rotatable bonds is 4. The highest BCUT2D eigenvalue weighted by Gasteiger charge is 2.30. The average Bonchev–Trinajstić information content (AvgIpc) is 2.52. The molecule has 1 aliphatic heterocycles. The quantitative estimate of drug-likeness (QED) is 0.750. The molecule has 0 saturated carbocycles. The van der Waals surface area contributed by atoms with E-state index in [-0.39, 0.29) is 36.5 Å². The van der Waals surface area contributed by atoms with Gasteiger partial charge in [0.2, 0.25) is 5.91 Å². The minimum atomic E-state index is -4.44. The number of carbonyl (C=O) groups excluding carboxylic acids is 2. The normalized spacial score (nSPS) is 20.3. The van der Waals surface area contributed by atoms with E-state index in [2.05, 4.69) is 16.0 Å². The summed E-state index contributed by atoms with van der Waals surface area (Å²) in [6, 6.07) is 4.24. The smallest absolute Gasteiger partial charge is 0.352 e. The summed E-state index contributed by atoms with van der Waals surface area (Å²) in [5, 5.41) is 8.52. The Hall–Kier alpha value is -1.80. The lowest BCUT2D eigenvalue weighted by atomic mass is 10.0. The zero-order chi connectivity index (χ0) is 17.7. The van der Waals surface area contributed by atoms with Gasteiger partial charge in [-0.15, -0.1) is 12.4 Å². The predicted molar refractivity (Wildman–Crippen MR) is 89.7 cm³/mol. The van der Waals surface area contributed by atoms with Crippen molar-refractivity contribution in [2.75, 3.05) is 13.1 Å². The number of carbonyl (C=O) groups is 2. The van der Waals surface area contributed by atoms with E-state index in [9.17, 15) is 22.8 Å². The lowest BCUT2D eigenvalue weighted by molar-refractivity contribution is -0.137. The summed E-state index contributed by atoms with van der Waals surface area (Å²) < 4.78 is 37.4. The minimum Gasteiger partial charge on any atom is -0.352 e. The van der Waals surface area contributed by atoms with Crippen LogP contribution in [0.2, 0.25) is 0 Å². The molecule has 1 saturated heterocycles. The van der Waals surface area contributed by atoms with Gasteiger partial charge in [0.25, 0.3) is 5.91 Å². The molecule has 9 heteroatoms. The molecule has 1 fully saturated rings. The number of hydrogen-bond donors (Lipinski definition) is 3. The van der Waals surface area contributed by atoms with Crippen LogP contribution in [0.25, 0.3) is 0 Å². The fourth-order valence-corrected chi connectivity index (χ4v) is 2.61. The molecule has 0 bridgehead atoms. The molecule has 3 N–H and O–H groups in total. The van der Waals surface area contributed by atoms with E-state index in [1.807, 2.05) is 6.92 Å². The van der Waals surface area contributed by atoms with Gasteiger partial charge in [-0.3, -0.25) is 9.59 Å². The lowest BCUT2D eigenvalue weighted by Crippen LogP contribution is -2.48. The van der Waals surface area contributed by atoms with Crippen molar-refractivity contribution in [2.45, 2.75) is 38.0 Å². The van der Waals surface area contributed by atoms with Crippen LogP contribution in [0.5, 0.6) is 0 Å². The van der Waals surface area contributed by atoms with Gasteiger partial charge in [-0.2, -0.15) is 13.2 Å². The highest BCUT2D eigenvalue weighted by atomic mass is 35.5. The number of halogens is 4. The molecule has 0 radical (unpaired) electrons. The molecule has 2 unspecified atom stereocenters. The molecule has 2 rings (SSSR count). The second-order valence-electron chi connectivity index (χ2n) is 5.90. The summed E-state index contributed by atoms with van der Waals surface area (Å²) in [6.07, 6.45) is -2.80. The Kier molecular flexibility index (Phi) is 7.69. The second kappa shape index (κ2) is 9.05. The van der Waals surface area contributed by atoms with Gasteiger partial charge in [-0.05, 0) is 50.6 Å². The van der Waals surface area contributed by atoms with Crippen LogP contribution in [0, 0.1) is 0 Å². The molecule has 5 nitrogen and oxygen atoms in total. The van der Waals surface area contributed by atoms with E-state index in [0.29, 0.717) is 6.04 Å². The van der Waals surface area contributed by atoms with Crippen LogP contribution in [0.4, 0.5) is 13.2 Å². The van der Waals surface area contributed by atoms with Gasteiger partial charge < -0.3 is 16.0 Å². The molecule has 2 atom stereocenters. The SMILES string of the molecule is CC1CC(NC(=O)CNC(=O)c2ccc(C(F)(F)F)cc2)CCN1.Cl. The monoisotopic (exact) mass is 379 g/mol. The summed E-state index contributed by atoms with van der Waals surface area (Å²) in [4.78, 5) is 23.7. The predicted octanol–water partition coefficient (Wildman–Crippen LogP) is 2.11. The third-order valence-electron chi connectivity index (χ3n) is 3.87. The standard InChI is InChI=1S/C16H20F3N3O2.ClH/c1-10-8-13(6-7-20-10)22-14(23)9-21-15(24)11-2-4-12(5-3-11)16(17,18)19;/h2-5,10,13,20H,6-9H2,1H3,(H,21,24)(H,22,23);1H. The van der Waals surface area contributed by atoms with E-state index in [4.69, 9.17) is 0 Å². The number of nitrogens with one attached hydrogen (secondary N) is 3. The van der Waals surface area contributed by atoms with Crippen molar-refractivity contribution in [1.82, 2.24) is 16.0 Å². The van der Waals surface area contributed by atoms with Crippen molar-refractivity contribution < 1.29 is 22.8 Å². The van der Waals surface area contributed by atoms with Gasteiger partial charge in [-0.1, -0.05) is 0 Å². The van der Waals surface area contributed by atoms with E-state index < -0.39 is 17.6 Å². The number of piperidine rings is 1. The maximum Gasteiger partial charge on any atom is 0.416 e. The molecule has 0 aromatic heterocycles. The first-order valence-electron chi connectivity index (χ1n) is 7.74. The molecule has 1 aromatic rings. The van der Waals surface area contributed by atoms with Crippen molar-refractivity contribution in [3.8, 4) is 0 Å². The summed E-state index contributed by atoms with van der Waals surface area (Å²) in [5.41, 5.74) is -0.747. The first-order valence-corrected chi connectivity index (χ1v) is 7.74. The maximum absolute atomic E-state index is 12.5. The Balaban J connectivity index is 0.00000312. The topological polar surface area (TPSA) is 70.2 Å². The Morgan fingerprint density at radius 2 is 1.88 bits per heavy atom. The summed E-state index contributed by atoms with van der Waals surface area (Å²) >= 11 is 0. The highest BCUT2D eigenvalue weighted by Crippen LogP contribution is 2.29. The van der Waals surface area contributed by atoms with Crippen LogP contribution in [0.3, 0.4) is 0 Å². The fraction of sp³-hybridized carbons (Fsp3) is 0.500. The van der Waals surface area contributed by atoms with Gasteiger partial charge in [0, 0.05) is 17.6 Å². The zero-order valence-electron chi connectivity index (χ0n) is 13.7. The van der Waals surface area contributed by atoms with Crippen LogP contribution in [0.15, 0.2) is 24.3 Å². The zero-order valence-corrected chi connectivity index (χ0v) is 14.5. The van der Waals surface area contributed by atoms with Crippen molar-refractivity contribution in [2.24, 2.45) is 0 Å². The van der Waals surface area contributed by atoms with E-state index in [0.717, 1.165) is 43.7 Å². The van der Waals surface area contributed by atoms with Crippen molar-refractivity contribution in [1.29, 1.82) is 0 Å². The summed E-state index contributed by atoms with van der Waals surface area (Å²) in [7, 11) is 0. The molecule has 0 aliphatic carbocycles. The minimum absolute atomic E-state index is 0. The van der Waals surface area contributed by atoms with Crippen LogP contribution in [0.1, 0.15) is 35.7 Å². The third-order valence-corrected chi connectivity index (χ3v) is 3.87. The molecule has 0 spiro atoms. The molecule has 1 heterocycles. The van der Waals surface area contributed by atoms with Crippen molar-refractivity contribution >= 4 is 24.2 Å². The first kappa shape index (κ1) is 21.2. The first-order chi connectivity index (χ1) is 11.3. The number of alkyl halides is 3. The summed E-state index contributed by atoms with van der Waals surface area (Å²) in [5.74, 6) is -0.896. The Labute approximate surface area is 150 Å². The largest absolute Gasteiger partial charge is 0.416 e. The Morgan fingerprint density at radius 3 is 2.44 bits per heavy atom.